The average molecular weight is 378 g/mol. The second kappa shape index (κ2) is 11.7. The Morgan fingerprint density at radius 2 is 1.52 bits per heavy atom. The third-order valence-electron chi connectivity index (χ3n) is 4.67. The minimum atomic E-state index is -4.12. The summed E-state index contributed by atoms with van der Waals surface area (Å²) in [6.45, 7) is 4.54. The highest BCUT2D eigenvalue weighted by atomic mass is 32.2. The highest BCUT2D eigenvalue weighted by Gasteiger charge is 2.36. The van der Waals surface area contributed by atoms with Crippen LogP contribution >= 0.6 is 0 Å². The predicted octanol–water partition coefficient (Wildman–Crippen LogP) is 4.30. The molecule has 2 atom stereocenters. The predicted molar refractivity (Wildman–Crippen MR) is 99.2 cm³/mol. The number of carbonyl (C=O) groups is 1. The maximum absolute atomic E-state index is 11.3. The van der Waals surface area contributed by atoms with Crippen molar-refractivity contribution in [3.8, 4) is 0 Å². The number of alkyl carbamates (subject to hydrolysis) is 1. The molecule has 7 heteroatoms. The van der Waals surface area contributed by atoms with Gasteiger partial charge < -0.3 is 10.1 Å². The fraction of sp³-hybridized carbons (Fsp3) is 0.944. The SMILES string of the molecule is CC(C)CCCCCCCCCCCC1OC(=O)NC1CS(=O)(=O)O. The topological polar surface area (TPSA) is 92.7 Å². The Morgan fingerprint density at radius 1 is 1.00 bits per heavy atom. The molecule has 0 aromatic rings. The molecule has 148 valence electrons. The van der Waals surface area contributed by atoms with Crippen molar-refractivity contribution in [2.45, 2.75) is 96.6 Å². The number of amides is 1. The van der Waals surface area contributed by atoms with Gasteiger partial charge in [0.15, 0.2) is 0 Å². The molecule has 0 saturated carbocycles. The number of rotatable bonds is 14. The smallest absolute Gasteiger partial charge is 0.407 e. The van der Waals surface area contributed by atoms with Gasteiger partial charge in [0.2, 0.25) is 0 Å². The number of hydrogen-bond acceptors (Lipinski definition) is 4. The summed E-state index contributed by atoms with van der Waals surface area (Å²) in [4.78, 5) is 11.3. The van der Waals surface area contributed by atoms with Crippen LogP contribution in [0, 0.1) is 5.92 Å². The van der Waals surface area contributed by atoms with Crippen LogP contribution in [-0.2, 0) is 14.9 Å². The minimum Gasteiger partial charge on any atom is -0.444 e. The van der Waals surface area contributed by atoms with Gasteiger partial charge in [-0.15, -0.1) is 0 Å². The van der Waals surface area contributed by atoms with Gasteiger partial charge in [-0.3, -0.25) is 4.55 Å². The molecular formula is C18H35NO5S. The standard InChI is InChI=1S/C18H35NO5S/c1-15(2)12-10-8-6-4-3-5-7-9-11-13-17-16(14-25(21,22)23)19-18(20)24-17/h15-17H,3-14H2,1-2H3,(H,19,20)(H,21,22,23). The molecule has 1 amide bonds. The number of hydrogen-bond donors (Lipinski definition) is 2. The molecule has 0 spiro atoms. The fourth-order valence-corrected chi connectivity index (χ4v) is 4.02. The van der Waals surface area contributed by atoms with E-state index in [1.807, 2.05) is 0 Å². The van der Waals surface area contributed by atoms with Crippen LogP contribution in [0.3, 0.4) is 0 Å². The summed E-state index contributed by atoms with van der Waals surface area (Å²) in [5.74, 6) is 0.326. The molecule has 0 aromatic carbocycles. The van der Waals surface area contributed by atoms with Crippen LogP contribution in [0.5, 0.6) is 0 Å². The van der Waals surface area contributed by atoms with E-state index < -0.39 is 34.1 Å². The van der Waals surface area contributed by atoms with Crippen molar-refractivity contribution in [2.75, 3.05) is 5.75 Å². The Balaban J connectivity index is 2.01. The van der Waals surface area contributed by atoms with Crippen LogP contribution in [0.15, 0.2) is 0 Å². The zero-order chi connectivity index (χ0) is 18.7. The highest BCUT2D eigenvalue weighted by molar-refractivity contribution is 7.85. The molecule has 0 aromatic heterocycles. The van der Waals surface area contributed by atoms with E-state index in [2.05, 4.69) is 19.2 Å². The van der Waals surface area contributed by atoms with Crippen LogP contribution in [-0.4, -0.2) is 37.0 Å². The van der Waals surface area contributed by atoms with Crippen LogP contribution in [0.2, 0.25) is 0 Å². The third kappa shape index (κ3) is 11.4. The van der Waals surface area contributed by atoms with E-state index in [-0.39, 0.29) is 0 Å². The monoisotopic (exact) mass is 377 g/mol. The molecule has 25 heavy (non-hydrogen) atoms. The Labute approximate surface area is 152 Å². The van der Waals surface area contributed by atoms with E-state index in [0.717, 1.165) is 25.2 Å². The molecule has 1 rings (SSSR count). The Hall–Kier alpha value is -0.820. The first-order valence-electron chi connectivity index (χ1n) is 9.70. The summed E-state index contributed by atoms with van der Waals surface area (Å²) in [6, 6.07) is -0.645. The highest BCUT2D eigenvalue weighted by Crippen LogP contribution is 2.19. The number of nitrogens with one attached hydrogen (secondary N) is 1. The van der Waals surface area contributed by atoms with E-state index in [0.29, 0.717) is 6.42 Å². The Kier molecular flexibility index (Phi) is 10.4. The lowest BCUT2D eigenvalue weighted by atomic mass is 10.0. The maximum Gasteiger partial charge on any atom is 0.407 e. The first-order valence-corrected chi connectivity index (χ1v) is 11.3. The summed E-state index contributed by atoms with van der Waals surface area (Å²) < 4.78 is 35.9. The van der Waals surface area contributed by atoms with Gasteiger partial charge in [0, 0.05) is 0 Å². The van der Waals surface area contributed by atoms with Gasteiger partial charge in [0.1, 0.15) is 6.10 Å². The van der Waals surface area contributed by atoms with Gasteiger partial charge in [-0.25, -0.2) is 4.79 Å². The maximum atomic E-state index is 11.3. The van der Waals surface area contributed by atoms with Crippen molar-refractivity contribution in [3.63, 3.8) is 0 Å². The molecule has 1 aliphatic heterocycles. The zero-order valence-electron chi connectivity index (χ0n) is 15.7. The van der Waals surface area contributed by atoms with Crippen molar-refractivity contribution in [1.29, 1.82) is 0 Å². The van der Waals surface area contributed by atoms with Crippen molar-refractivity contribution in [1.82, 2.24) is 5.32 Å². The number of carbonyl (C=O) groups excluding carboxylic acids is 1. The third-order valence-corrected chi connectivity index (χ3v) is 5.45. The van der Waals surface area contributed by atoms with Crippen molar-refractivity contribution < 1.29 is 22.5 Å². The van der Waals surface area contributed by atoms with Crippen LogP contribution in [0.25, 0.3) is 0 Å². The van der Waals surface area contributed by atoms with Gasteiger partial charge in [-0.1, -0.05) is 71.6 Å². The van der Waals surface area contributed by atoms with Gasteiger partial charge in [-0.2, -0.15) is 8.42 Å². The molecule has 2 N–H and O–H groups in total. The fourth-order valence-electron chi connectivity index (χ4n) is 3.27. The van der Waals surface area contributed by atoms with E-state index >= 15 is 0 Å². The first-order chi connectivity index (χ1) is 11.8. The van der Waals surface area contributed by atoms with E-state index in [9.17, 15) is 13.2 Å². The van der Waals surface area contributed by atoms with Crippen LogP contribution in [0.1, 0.15) is 84.5 Å². The molecule has 1 aliphatic rings. The molecule has 2 unspecified atom stereocenters. The summed E-state index contributed by atoms with van der Waals surface area (Å²) in [7, 11) is -4.12. The first kappa shape index (κ1) is 22.2. The molecule has 1 heterocycles. The summed E-state index contributed by atoms with van der Waals surface area (Å²) in [5.41, 5.74) is 0. The molecule has 1 saturated heterocycles. The van der Waals surface area contributed by atoms with E-state index in [1.54, 1.807) is 0 Å². The normalized spacial score (nSPS) is 20.7. The van der Waals surface area contributed by atoms with Gasteiger partial charge in [0.25, 0.3) is 10.1 Å². The molecule has 0 aliphatic carbocycles. The summed E-state index contributed by atoms with van der Waals surface area (Å²) >= 11 is 0. The lowest BCUT2D eigenvalue weighted by Gasteiger charge is -2.15. The number of unbranched alkanes of at least 4 members (excludes halogenated alkanes) is 8. The lowest BCUT2D eigenvalue weighted by molar-refractivity contribution is 0.126. The van der Waals surface area contributed by atoms with Gasteiger partial charge in [-0.05, 0) is 18.8 Å². The molecule has 6 nitrogen and oxygen atoms in total. The number of cyclic esters (lactones) is 1. The van der Waals surface area contributed by atoms with Crippen molar-refractivity contribution >= 4 is 16.2 Å². The second-order valence-corrected chi connectivity index (χ2v) is 9.09. The Morgan fingerprint density at radius 3 is 2.04 bits per heavy atom. The lowest BCUT2D eigenvalue weighted by Crippen LogP contribution is -2.38. The largest absolute Gasteiger partial charge is 0.444 e. The number of ether oxygens (including phenoxy) is 1. The van der Waals surface area contributed by atoms with Crippen LogP contribution in [0.4, 0.5) is 4.79 Å². The van der Waals surface area contributed by atoms with Crippen molar-refractivity contribution in [3.05, 3.63) is 0 Å². The van der Waals surface area contributed by atoms with Crippen molar-refractivity contribution in [2.24, 2.45) is 5.92 Å². The molecule has 0 radical (unpaired) electrons. The van der Waals surface area contributed by atoms with E-state index in [4.69, 9.17) is 9.29 Å². The molecule has 0 bridgehead atoms. The summed E-state index contributed by atoms with van der Waals surface area (Å²) in [6.07, 6.45) is 11.8. The average Bonchev–Trinajstić information content (AvgIpc) is 2.82. The summed E-state index contributed by atoms with van der Waals surface area (Å²) in [5, 5.41) is 2.45. The molecular weight excluding hydrogens is 342 g/mol. The zero-order valence-corrected chi connectivity index (χ0v) is 16.5. The van der Waals surface area contributed by atoms with Crippen LogP contribution < -0.4 is 5.32 Å². The molecule has 1 fully saturated rings. The Bertz CT molecular complexity index is 478. The van der Waals surface area contributed by atoms with E-state index in [1.165, 1.54) is 44.9 Å². The van der Waals surface area contributed by atoms with Gasteiger partial charge >= 0.3 is 6.09 Å². The van der Waals surface area contributed by atoms with Gasteiger partial charge in [0.05, 0.1) is 11.8 Å². The second-order valence-electron chi connectivity index (χ2n) is 7.60. The minimum absolute atomic E-state index is 0.463. The quantitative estimate of drug-likeness (QED) is 0.348.